The first-order chi connectivity index (χ1) is 15.3. The minimum Gasteiger partial charge on any atom is -0.351 e. The average Bonchev–Trinajstić information content (AvgIpc) is 3.22. The molecule has 9 heteroatoms. The Morgan fingerprint density at radius 2 is 1.94 bits per heavy atom. The van der Waals surface area contributed by atoms with E-state index in [1.54, 1.807) is 12.1 Å². The molecule has 0 saturated carbocycles. The number of aromatic amines is 1. The molecule has 3 heterocycles. The third-order valence-corrected chi connectivity index (χ3v) is 6.11. The molecule has 1 saturated heterocycles. The molecule has 32 heavy (non-hydrogen) atoms. The molecule has 1 N–H and O–H groups in total. The maximum atomic E-state index is 13.1. The maximum absolute atomic E-state index is 13.1. The van der Waals surface area contributed by atoms with Gasteiger partial charge >= 0.3 is 0 Å². The lowest BCUT2D eigenvalue weighted by Gasteiger charge is -2.38. The number of carbonyl (C=O) groups is 1. The van der Waals surface area contributed by atoms with Crippen LogP contribution in [0, 0.1) is 10.1 Å². The number of pyridine rings is 1. The lowest BCUT2D eigenvalue weighted by Crippen LogP contribution is -2.50. The van der Waals surface area contributed by atoms with E-state index in [2.05, 4.69) is 42.0 Å². The Kier molecular flexibility index (Phi) is 5.84. The number of aromatic nitrogens is 2. The number of rotatable bonds is 6. The fraction of sp³-hybridized carbons (Fsp3) is 0.391. The topological polar surface area (TPSA) is 95.4 Å². The summed E-state index contributed by atoms with van der Waals surface area (Å²) in [5.74, 6) is 0.891. The number of nitro benzene ring substituents is 1. The first-order valence-electron chi connectivity index (χ1n) is 10.9. The first kappa shape index (κ1) is 21.8. The number of nitrogens with zero attached hydrogens (tertiary/aromatic N) is 5. The van der Waals surface area contributed by atoms with E-state index in [1.807, 2.05) is 17.2 Å². The van der Waals surface area contributed by atoms with Crippen LogP contribution in [0.2, 0.25) is 0 Å². The Hall–Kier alpha value is -3.46. The first-order valence-corrected chi connectivity index (χ1v) is 10.9. The van der Waals surface area contributed by atoms with Gasteiger partial charge in [-0.15, -0.1) is 0 Å². The van der Waals surface area contributed by atoms with Gasteiger partial charge in [-0.05, 0) is 24.6 Å². The van der Waals surface area contributed by atoms with Crippen LogP contribution in [0.1, 0.15) is 23.8 Å². The molecule has 0 spiro atoms. The van der Waals surface area contributed by atoms with E-state index in [9.17, 15) is 14.9 Å². The lowest BCUT2D eigenvalue weighted by molar-refractivity contribution is -0.384. The Morgan fingerprint density at radius 3 is 2.62 bits per heavy atom. The van der Waals surface area contributed by atoms with E-state index >= 15 is 0 Å². The minimum atomic E-state index is -0.431. The molecule has 0 bridgehead atoms. The fourth-order valence-corrected chi connectivity index (χ4v) is 4.42. The number of nitro groups is 1. The van der Waals surface area contributed by atoms with Gasteiger partial charge in [0.25, 0.3) is 11.6 Å². The molecule has 1 aliphatic heterocycles. The number of H-pyrrole nitrogens is 1. The SMILES string of the molecule is CCC[N+](C)(C)c1cccnc1N1CCN(C(=O)c2cc3cc([N+](=O)[O-])ccc3[nH]2)CC1. The molecule has 3 aromatic rings. The molecule has 0 unspecified atom stereocenters. The number of fused-ring (bicyclic) bond motifs is 1. The summed E-state index contributed by atoms with van der Waals surface area (Å²) in [4.78, 5) is 35.5. The van der Waals surface area contributed by atoms with Crippen molar-refractivity contribution in [3.05, 3.63) is 58.4 Å². The van der Waals surface area contributed by atoms with Gasteiger partial charge in [0.05, 0.1) is 25.6 Å². The van der Waals surface area contributed by atoms with Gasteiger partial charge in [-0.3, -0.25) is 19.4 Å². The highest BCUT2D eigenvalue weighted by Crippen LogP contribution is 2.31. The van der Waals surface area contributed by atoms with E-state index in [4.69, 9.17) is 0 Å². The van der Waals surface area contributed by atoms with E-state index in [0.717, 1.165) is 23.3 Å². The minimum absolute atomic E-state index is 0.0136. The summed E-state index contributed by atoms with van der Waals surface area (Å²) in [6.45, 7) is 5.79. The van der Waals surface area contributed by atoms with E-state index in [-0.39, 0.29) is 11.6 Å². The summed E-state index contributed by atoms with van der Waals surface area (Å²) in [5.41, 5.74) is 2.37. The normalized spacial score (nSPS) is 14.7. The highest BCUT2D eigenvalue weighted by molar-refractivity contribution is 5.98. The summed E-state index contributed by atoms with van der Waals surface area (Å²) >= 11 is 0. The molecule has 9 nitrogen and oxygen atoms in total. The predicted octanol–water partition coefficient (Wildman–Crippen LogP) is 3.41. The van der Waals surface area contributed by atoms with Crippen LogP contribution in [-0.4, -0.2) is 72.5 Å². The van der Waals surface area contributed by atoms with Crippen LogP contribution in [0.3, 0.4) is 0 Å². The van der Waals surface area contributed by atoms with Gasteiger partial charge in [-0.25, -0.2) is 4.98 Å². The van der Waals surface area contributed by atoms with Gasteiger partial charge in [0.1, 0.15) is 5.69 Å². The summed E-state index contributed by atoms with van der Waals surface area (Å²) in [6.07, 6.45) is 2.91. The third-order valence-electron chi connectivity index (χ3n) is 6.11. The van der Waals surface area contributed by atoms with Crippen LogP contribution in [0.4, 0.5) is 17.2 Å². The van der Waals surface area contributed by atoms with Crippen molar-refractivity contribution in [1.82, 2.24) is 19.4 Å². The van der Waals surface area contributed by atoms with Crippen molar-refractivity contribution >= 4 is 34.0 Å². The second kappa shape index (κ2) is 8.58. The van der Waals surface area contributed by atoms with Gasteiger partial charge < -0.3 is 14.8 Å². The number of nitrogens with one attached hydrogen (secondary N) is 1. The van der Waals surface area contributed by atoms with Crippen molar-refractivity contribution in [3.8, 4) is 0 Å². The number of hydrogen-bond acceptors (Lipinski definition) is 5. The van der Waals surface area contributed by atoms with Crippen LogP contribution in [0.15, 0.2) is 42.6 Å². The van der Waals surface area contributed by atoms with Gasteiger partial charge in [-0.1, -0.05) is 6.92 Å². The number of anilines is 1. The zero-order valence-corrected chi connectivity index (χ0v) is 18.7. The number of benzene rings is 1. The van der Waals surface area contributed by atoms with Crippen LogP contribution in [0.5, 0.6) is 0 Å². The molecule has 0 radical (unpaired) electrons. The van der Waals surface area contributed by atoms with E-state index in [0.29, 0.717) is 42.8 Å². The number of non-ortho nitro benzene ring substituents is 1. The molecular formula is C23H29N6O3+. The molecule has 1 aromatic carbocycles. The number of carbonyl (C=O) groups excluding carboxylic acids is 1. The monoisotopic (exact) mass is 437 g/mol. The second-order valence-electron chi connectivity index (χ2n) is 8.75. The molecule has 0 atom stereocenters. The predicted molar refractivity (Wildman–Crippen MR) is 126 cm³/mol. The van der Waals surface area contributed by atoms with Crippen molar-refractivity contribution in [1.29, 1.82) is 0 Å². The van der Waals surface area contributed by atoms with Crippen LogP contribution < -0.4 is 9.38 Å². The summed E-state index contributed by atoms with van der Waals surface area (Å²) in [5, 5.41) is 11.7. The third kappa shape index (κ3) is 4.16. The second-order valence-corrected chi connectivity index (χ2v) is 8.75. The zero-order valence-electron chi connectivity index (χ0n) is 18.7. The lowest BCUT2D eigenvalue weighted by atomic mass is 10.2. The van der Waals surface area contributed by atoms with Crippen molar-refractivity contribution in [2.45, 2.75) is 13.3 Å². The highest BCUT2D eigenvalue weighted by Gasteiger charge is 2.29. The summed E-state index contributed by atoms with van der Waals surface area (Å²) in [6, 6.07) is 10.4. The van der Waals surface area contributed by atoms with Gasteiger partial charge in [-0.2, -0.15) is 0 Å². The molecular weight excluding hydrogens is 408 g/mol. The summed E-state index contributed by atoms with van der Waals surface area (Å²) < 4.78 is 0.764. The van der Waals surface area contributed by atoms with Crippen LogP contribution >= 0.6 is 0 Å². The number of piperazine rings is 1. The standard InChI is InChI=1S/C23H28N6O3/c1-4-14-29(2,3)21-6-5-9-24-22(21)26-10-12-27(13-11-26)23(30)20-16-17-15-18(28(31)32)7-8-19(17)25-20/h5-9,15-16H,4,10-14H2,1-3H3/p+1. The van der Waals surface area contributed by atoms with Crippen LogP contribution in [-0.2, 0) is 0 Å². The van der Waals surface area contributed by atoms with Crippen LogP contribution in [0.25, 0.3) is 10.9 Å². The van der Waals surface area contributed by atoms with E-state index < -0.39 is 4.92 Å². The molecule has 168 valence electrons. The van der Waals surface area contributed by atoms with Crippen molar-refractivity contribution < 1.29 is 9.72 Å². The Bertz CT molecular complexity index is 1150. The van der Waals surface area contributed by atoms with Crippen molar-refractivity contribution in [2.24, 2.45) is 0 Å². The average molecular weight is 438 g/mol. The number of quaternary nitrogens is 1. The molecule has 1 amide bonds. The highest BCUT2D eigenvalue weighted by atomic mass is 16.6. The van der Waals surface area contributed by atoms with Gasteiger partial charge in [0.15, 0.2) is 11.5 Å². The largest absolute Gasteiger partial charge is 0.351 e. The zero-order chi connectivity index (χ0) is 22.9. The molecule has 1 aliphatic rings. The smallest absolute Gasteiger partial charge is 0.270 e. The number of amides is 1. The maximum Gasteiger partial charge on any atom is 0.270 e. The number of hydrogen-bond donors (Lipinski definition) is 1. The van der Waals surface area contributed by atoms with E-state index in [1.165, 1.54) is 17.8 Å². The Balaban J connectivity index is 1.48. The molecule has 2 aromatic heterocycles. The molecule has 1 fully saturated rings. The molecule has 4 rings (SSSR count). The fourth-order valence-electron chi connectivity index (χ4n) is 4.42. The van der Waals surface area contributed by atoms with Crippen molar-refractivity contribution in [2.75, 3.05) is 51.7 Å². The van der Waals surface area contributed by atoms with Gasteiger partial charge in [0.2, 0.25) is 0 Å². The van der Waals surface area contributed by atoms with Gasteiger partial charge in [0, 0.05) is 61.5 Å². The quantitative estimate of drug-likeness (QED) is 0.362. The molecule has 0 aliphatic carbocycles. The Labute approximate surface area is 187 Å². The summed E-state index contributed by atoms with van der Waals surface area (Å²) in [7, 11) is 4.40. The van der Waals surface area contributed by atoms with Crippen molar-refractivity contribution in [3.63, 3.8) is 0 Å². The Morgan fingerprint density at radius 1 is 1.19 bits per heavy atom.